The molecule has 166 valence electrons. The number of halogens is 2. The summed E-state index contributed by atoms with van der Waals surface area (Å²) in [6.07, 6.45) is 1.51. The normalized spacial score (nSPS) is 12.0. The maximum absolute atomic E-state index is 12.6. The number of ether oxygens (including phenoxy) is 2. The molecule has 0 radical (unpaired) electrons. The van der Waals surface area contributed by atoms with Crippen molar-refractivity contribution in [1.82, 2.24) is 10.7 Å². The lowest BCUT2D eigenvalue weighted by atomic mass is 10.0. The molecule has 0 aliphatic rings. The summed E-state index contributed by atoms with van der Waals surface area (Å²) >= 11 is 8.00. The van der Waals surface area contributed by atoms with E-state index in [1.807, 2.05) is 26.8 Å². The molecule has 31 heavy (non-hydrogen) atoms. The molecule has 2 N–H and O–H groups in total. The monoisotopic (exact) mass is 557 g/mol. The molecule has 0 aliphatic heterocycles. The zero-order chi connectivity index (χ0) is 23.0. The second kappa shape index (κ2) is 11.9. The van der Waals surface area contributed by atoms with Crippen LogP contribution in [0.4, 0.5) is 0 Å². The van der Waals surface area contributed by atoms with Gasteiger partial charge in [-0.25, -0.2) is 5.43 Å². The number of hydrogen-bond acceptors (Lipinski definition) is 5. The molecule has 2 rings (SSSR count). The number of carbonyl (C=O) groups excluding carboxylic acids is 2. The molecular weight excluding hydrogens is 533 g/mol. The van der Waals surface area contributed by atoms with Gasteiger partial charge in [0.15, 0.2) is 11.5 Å². The van der Waals surface area contributed by atoms with Crippen molar-refractivity contribution in [2.45, 2.75) is 26.8 Å². The van der Waals surface area contributed by atoms with Gasteiger partial charge in [0.25, 0.3) is 11.8 Å². The van der Waals surface area contributed by atoms with Crippen LogP contribution in [-0.2, 0) is 4.79 Å². The maximum atomic E-state index is 12.6. The van der Waals surface area contributed by atoms with Crippen molar-refractivity contribution in [2.75, 3.05) is 13.7 Å². The minimum Gasteiger partial charge on any atom is -0.492 e. The van der Waals surface area contributed by atoms with Gasteiger partial charge in [-0.3, -0.25) is 9.59 Å². The first kappa shape index (κ1) is 24.9. The van der Waals surface area contributed by atoms with E-state index in [0.29, 0.717) is 28.7 Å². The van der Waals surface area contributed by atoms with Gasteiger partial charge >= 0.3 is 0 Å². The summed E-state index contributed by atoms with van der Waals surface area (Å²) in [5.41, 5.74) is 3.65. The van der Waals surface area contributed by atoms with Crippen LogP contribution in [-0.4, -0.2) is 37.8 Å². The van der Waals surface area contributed by atoms with Gasteiger partial charge in [0.2, 0.25) is 0 Å². The zero-order valence-electron chi connectivity index (χ0n) is 17.7. The van der Waals surface area contributed by atoms with Crippen LogP contribution in [0.3, 0.4) is 0 Å². The van der Waals surface area contributed by atoms with Gasteiger partial charge in [0.1, 0.15) is 6.04 Å². The molecule has 2 aromatic rings. The highest BCUT2D eigenvalue weighted by Crippen LogP contribution is 2.33. The molecular formula is C22H25ClIN3O4. The van der Waals surface area contributed by atoms with Crippen LogP contribution < -0.4 is 20.2 Å². The van der Waals surface area contributed by atoms with E-state index < -0.39 is 11.9 Å². The quantitative estimate of drug-likeness (QED) is 0.274. The van der Waals surface area contributed by atoms with Gasteiger partial charge in [0, 0.05) is 10.6 Å². The Morgan fingerprint density at radius 2 is 1.90 bits per heavy atom. The molecule has 7 nitrogen and oxygen atoms in total. The fourth-order valence-corrected chi connectivity index (χ4v) is 3.70. The summed E-state index contributed by atoms with van der Waals surface area (Å²) in [5, 5.41) is 7.32. The van der Waals surface area contributed by atoms with E-state index in [0.717, 1.165) is 9.13 Å². The summed E-state index contributed by atoms with van der Waals surface area (Å²) in [4.78, 5) is 25.1. The van der Waals surface area contributed by atoms with Crippen molar-refractivity contribution in [3.05, 3.63) is 56.1 Å². The van der Waals surface area contributed by atoms with E-state index in [9.17, 15) is 9.59 Å². The van der Waals surface area contributed by atoms with Crippen LogP contribution in [0.15, 0.2) is 41.5 Å². The molecule has 0 saturated carbocycles. The summed E-state index contributed by atoms with van der Waals surface area (Å²) in [5.74, 6) is 0.327. The molecule has 1 unspecified atom stereocenters. The van der Waals surface area contributed by atoms with Crippen LogP contribution >= 0.6 is 34.2 Å². The van der Waals surface area contributed by atoms with E-state index in [4.69, 9.17) is 21.1 Å². The summed E-state index contributed by atoms with van der Waals surface area (Å²) < 4.78 is 11.8. The molecule has 1 atom stereocenters. The summed E-state index contributed by atoms with van der Waals surface area (Å²) in [6.45, 7) is 6.07. The van der Waals surface area contributed by atoms with Crippen molar-refractivity contribution in [1.29, 1.82) is 0 Å². The highest BCUT2D eigenvalue weighted by molar-refractivity contribution is 14.1. The number of hydrazone groups is 1. The SMILES string of the molecule is CCOc1cc(C=NNC(=O)C(NC(=O)c2ccc(Cl)cc2)C(C)C)cc(I)c1OC. The van der Waals surface area contributed by atoms with Gasteiger partial charge in [0.05, 0.1) is 23.5 Å². The zero-order valence-corrected chi connectivity index (χ0v) is 20.7. The Labute approximate surface area is 200 Å². The third-order valence-electron chi connectivity index (χ3n) is 4.27. The van der Waals surface area contributed by atoms with Gasteiger partial charge in [-0.15, -0.1) is 0 Å². The van der Waals surface area contributed by atoms with E-state index in [1.165, 1.54) is 6.21 Å². The van der Waals surface area contributed by atoms with Crippen molar-refractivity contribution in [2.24, 2.45) is 11.0 Å². The molecule has 0 spiro atoms. The minimum absolute atomic E-state index is 0.141. The molecule has 0 fully saturated rings. The fourth-order valence-electron chi connectivity index (χ4n) is 2.72. The van der Waals surface area contributed by atoms with Crippen molar-refractivity contribution >= 4 is 52.2 Å². The Bertz CT molecular complexity index is 949. The van der Waals surface area contributed by atoms with Crippen molar-refractivity contribution in [3.8, 4) is 11.5 Å². The molecule has 2 amide bonds. The van der Waals surface area contributed by atoms with E-state index in [2.05, 4.69) is 38.4 Å². The Morgan fingerprint density at radius 1 is 1.23 bits per heavy atom. The topological polar surface area (TPSA) is 89.0 Å². The predicted octanol–water partition coefficient (Wildman–Crippen LogP) is 4.26. The van der Waals surface area contributed by atoms with Gasteiger partial charge in [-0.1, -0.05) is 25.4 Å². The average Bonchev–Trinajstić information content (AvgIpc) is 2.72. The van der Waals surface area contributed by atoms with Crippen molar-refractivity contribution in [3.63, 3.8) is 0 Å². The number of nitrogens with zero attached hydrogens (tertiary/aromatic N) is 1. The Kier molecular flexibility index (Phi) is 9.57. The van der Waals surface area contributed by atoms with Crippen LogP contribution in [0.25, 0.3) is 0 Å². The van der Waals surface area contributed by atoms with Crippen LogP contribution in [0, 0.1) is 9.49 Å². The second-order valence-electron chi connectivity index (χ2n) is 6.90. The van der Waals surface area contributed by atoms with E-state index in [-0.39, 0.29) is 11.8 Å². The highest BCUT2D eigenvalue weighted by Gasteiger charge is 2.24. The number of benzene rings is 2. The molecule has 9 heteroatoms. The maximum Gasteiger partial charge on any atom is 0.262 e. The molecule has 0 saturated heterocycles. The third kappa shape index (κ3) is 7.10. The van der Waals surface area contributed by atoms with Gasteiger partial charge in [-0.05, 0) is 77.4 Å². The highest BCUT2D eigenvalue weighted by atomic mass is 127. The average molecular weight is 558 g/mol. The molecule has 0 bridgehead atoms. The van der Waals surface area contributed by atoms with E-state index in [1.54, 1.807) is 37.4 Å². The number of carbonyl (C=O) groups is 2. The summed E-state index contributed by atoms with van der Waals surface area (Å²) in [7, 11) is 1.58. The lowest BCUT2D eigenvalue weighted by Crippen LogP contribution is -2.48. The Hall–Kier alpha value is -2.33. The van der Waals surface area contributed by atoms with E-state index >= 15 is 0 Å². The molecule has 0 aliphatic carbocycles. The lowest BCUT2D eigenvalue weighted by Gasteiger charge is -2.20. The number of methoxy groups -OCH3 is 1. The van der Waals surface area contributed by atoms with Gasteiger partial charge < -0.3 is 14.8 Å². The standard InChI is InChI=1S/C22H25ClIN3O4/c1-5-31-18-11-14(10-17(24)20(18)30-4)12-25-27-22(29)19(13(2)3)26-21(28)15-6-8-16(23)9-7-15/h6-13,19H,5H2,1-4H3,(H,26,28)(H,27,29). The smallest absolute Gasteiger partial charge is 0.262 e. The second-order valence-corrected chi connectivity index (χ2v) is 8.50. The van der Waals surface area contributed by atoms with Crippen LogP contribution in [0.5, 0.6) is 11.5 Å². The molecule has 0 heterocycles. The number of nitrogens with one attached hydrogen (secondary N) is 2. The van der Waals surface area contributed by atoms with Gasteiger partial charge in [-0.2, -0.15) is 5.10 Å². The third-order valence-corrected chi connectivity index (χ3v) is 5.32. The number of rotatable bonds is 9. The minimum atomic E-state index is -0.754. The molecule has 2 aromatic carbocycles. The first-order chi connectivity index (χ1) is 14.8. The fraction of sp³-hybridized carbons (Fsp3) is 0.318. The summed E-state index contributed by atoms with van der Waals surface area (Å²) in [6, 6.07) is 9.34. The van der Waals surface area contributed by atoms with Crippen LogP contribution in [0.2, 0.25) is 5.02 Å². The molecule has 0 aromatic heterocycles. The Morgan fingerprint density at radius 3 is 2.48 bits per heavy atom. The number of amides is 2. The first-order valence-corrected chi connectivity index (χ1v) is 11.1. The van der Waals surface area contributed by atoms with Crippen LogP contribution in [0.1, 0.15) is 36.7 Å². The lowest BCUT2D eigenvalue weighted by molar-refractivity contribution is -0.123. The Balaban J connectivity index is 2.08. The largest absolute Gasteiger partial charge is 0.492 e. The predicted molar refractivity (Wildman–Crippen MR) is 130 cm³/mol. The number of hydrogen-bond donors (Lipinski definition) is 2. The first-order valence-electron chi connectivity index (χ1n) is 9.66. The van der Waals surface area contributed by atoms with Crippen molar-refractivity contribution < 1.29 is 19.1 Å².